The minimum atomic E-state index is -0.359. The fraction of sp³-hybridized carbons (Fsp3) is 0.357. The van der Waals surface area contributed by atoms with Crippen molar-refractivity contribution < 1.29 is 9.53 Å². The Hall–Kier alpha value is -2.08. The highest BCUT2D eigenvalue weighted by molar-refractivity contribution is 6.34. The maximum Gasteiger partial charge on any atom is 0.263 e. The van der Waals surface area contributed by atoms with Gasteiger partial charge in [-0.1, -0.05) is 17.7 Å². The second-order valence-electron chi connectivity index (χ2n) is 5.09. The molecule has 0 radical (unpaired) electrons. The fourth-order valence-electron chi connectivity index (χ4n) is 1.90. The Balaban J connectivity index is 1.81. The van der Waals surface area contributed by atoms with Crippen molar-refractivity contribution in [3.63, 3.8) is 0 Å². The number of carbonyl (C=O) groups excluding carboxylic acids is 1. The molecule has 0 saturated heterocycles. The monoisotopic (exact) mass is 306 g/mol. The standard InChI is InChI=1S/C14H15ClN4O2/c1-19-8-16-18-14(19)17-13(20)12-10(15)3-2-4-11(12)21-7-9-5-6-9/h2-4,8-9H,5-7H2,1H3,(H,17,18,20). The smallest absolute Gasteiger partial charge is 0.263 e. The molecule has 110 valence electrons. The topological polar surface area (TPSA) is 69.0 Å². The molecule has 1 N–H and O–H groups in total. The minimum Gasteiger partial charge on any atom is -0.492 e. The third kappa shape index (κ3) is 3.16. The zero-order chi connectivity index (χ0) is 14.8. The number of rotatable bonds is 5. The minimum absolute atomic E-state index is 0.322. The number of hydrogen-bond acceptors (Lipinski definition) is 4. The molecule has 1 aliphatic carbocycles. The molecule has 3 rings (SSSR count). The van der Waals surface area contributed by atoms with Crippen LogP contribution >= 0.6 is 11.6 Å². The molecule has 1 aromatic heterocycles. The molecule has 1 aliphatic rings. The number of benzene rings is 1. The van der Waals surface area contributed by atoms with Gasteiger partial charge in [-0.15, -0.1) is 10.2 Å². The number of hydrogen-bond donors (Lipinski definition) is 1. The fourth-order valence-corrected chi connectivity index (χ4v) is 2.15. The number of aryl methyl sites for hydroxylation is 1. The first-order chi connectivity index (χ1) is 10.1. The molecule has 21 heavy (non-hydrogen) atoms. The largest absolute Gasteiger partial charge is 0.492 e. The summed E-state index contributed by atoms with van der Waals surface area (Å²) in [6.07, 6.45) is 3.87. The van der Waals surface area contributed by atoms with Crippen LogP contribution in [-0.2, 0) is 7.05 Å². The van der Waals surface area contributed by atoms with Gasteiger partial charge in [0.15, 0.2) is 0 Å². The third-order valence-corrected chi connectivity index (χ3v) is 3.63. The van der Waals surface area contributed by atoms with Crippen molar-refractivity contribution in [3.05, 3.63) is 35.1 Å². The van der Waals surface area contributed by atoms with Crippen molar-refractivity contribution in [2.75, 3.05) is 11.9 Å². The normalized spacial score (nSPS) is 14.0. The first-order valence-corrected chi connectivity index (χ1v) is 7.09. The van der Waals surface area contributed by atoms with Crippen molar-refractivity contribution in [3.8, 4) is 5.75 Å². The molecule has 0 spiro atoms. The van der Waals surface area contributed by atoms with Crippen molar-refractivity contribution in [2.24, 2.45) is 13.0 Å². The number of amides is 1. The lowest BCUT2D eigenvalue weighted by atomic mass is 10.2. The third-order valence-electron chi connectivity index (χ3n) is 3.31. The first kappa shape index (κ1) is 13.9. The average Bonchev–Trinajstić information content (AvgIpc) is 3.20. The molecule has 1 saturated carbocycles. The Labute approximate surface area is 127 Å². The maximum atomic E-state index is 12.4. The second kappa shape index (κ2) is 5.73. The van der Waals surface area contributed by atoms with E-state index in [4.69, 9.17) is 16.3 Å². The maximum absolute atomic E-state index is 12.4. The molecule has 0 aliphatic heterocycles. The molecule has 6 nitrogen and oxygen atoms in total. The Morgan fingerprint density at radius 3 is 3.00 bits per heavy atom. The molecule has 1 fully saturated rings. The van der Waals surface area contributed by atoms with Gasteiger partial charge in [0.05, 0.1) is 11.6 Å². The highest BCUT2D eigenvalue weighted by Gasteiger charge is 2.24. The molecule has 2 aromatic rings. The van der Waals surface area contributed by atoms with Gasteiger partial charge >= 0.3 is 0 Å². The van der Waals surface area contributed by atoms with E-state index < -0.39 is 0 Å². The van der Waals surface area contributed by atoms with Crippen LogP contribution in [0.3, 0.4) is 0 Å². The van der Waals surface area contributed by atoms with Gasteiger partial charge in [0, 0.05) is 7.05 Å². The molecule has 0 atom stereocenters. The van der Waals surface area contributed by atoms with Crippen molar-refractivity contribution >= 4 is 23.5 Å². The van der Waals surface area contributed by atoms with Gasteiger partial charge in [-0.2, -0.15) is 0 Å². The van der Waals surface area contributed by atoms with E-state index in [1.165, 1.54) is 19.2 Å². The van der Waals surface area contributed by atoms with Gasteiger partial charge in [-0.05, 0) is 30.9 Å². The average molecular weight is 307 g/mol. The number of nitrogens with one attached hydrogen (secondary N) is 1. The summed E-state index contributed by atoms with van der Waals surface area (Å²) in [5.41, 5.74) is 0.322. The summed E-state index contributed by atoms with van der Waals surface area (Å²) >= 11 is 6.15. The van der Waals surface area contributed by atoms with Crippen molar-refractivity contribution in [1.29, 1.82) is 0 Å². The van der Waals surface area contributed by atoms with Gasteiger partial charge in [0.1, 0.15) is 17.6 Å². The van der Waals surface area contributed by atoms with Gasteiger partial charge in [-0.25, -0.2) is 0 Å². The zero-order valence-corrected chi connectivity index (χ0v) is 12.3. The van der Waals surface area contributed by atoms with E-state index in [0.717, 1.165) is 0 Å². The van der Waals surface area contributed by atoms with Crippen LogP contribution < -0.4 is 10.1 Å². The van der Waals surface area contributed by atoms with E-state index in [1.54, 1.807) is 29.8 Å². The van der Waals surface area contributed by atoms with Crippen LogP contribution in [0.25, 0.3) is 0 Å². The van der Waals surface area contributed by atoms with Crippen LogP contribution in [0, 0.1) is 5.92 Å². The summed E-state index contributed by atoms with van der Waals surface area (Å²) in [7, 11) is 1.74. The summed E-state index contributed by atoms with van der Waals surface area (Å²) in [5, 5.41) is 10.6. The lowest BCUT2D eigenvalue weighted by molar-refractivity contribution is 0.102. The Bertz CT molecular complexity index is 667. The lowest BCUT2D eigenvalue weighted by Gasteiger charge is -2.12. The Morgan fingerprint density at radius 2 is 2.33 bits per heavy atom. The molecule has 7 heteroatoms. The van der Waals surface area contributed by atoms with E-state index in [-0.39, 0.29) is 5.91 Å². The van der Waals surface area contributed by atoms with Gasteiger partial charge < -0.3 is 9.30 Å². The predicted octanol–water partition coefficient (Wildman–Crippen LogP) is 2.51. The molecule has 1 aromatic carbocycles. The van der Waals surface area contributed by atoms with Gasteiger partial charge in [0.2, 0.25) is 5.95 Å². The van der Waals surface area contributed by atoms with Crippen molar-refractivity contribution in [1.82, 2.24) is 14.8 Å². The second-order valence-corrected chi connectivity index (χ2v) is 5.49. The summed E-state index contributed by atoms with van der Waals surface area (Å²) in [4.78, 5) is 12.4. The summed E-state index contributed by atoms with van der Waals surface area (Å²) in [6, 6.07) is 5.18. The van der Waals surface area contributed by atoms with E-state index in [1.807, 2.05) is 0 Å². The molecular formula is C14H15ClN4O2. The van der Waals surface area contributed by atoms with Gasteiger partial charge in [-0.3, -0.25) is 10.1 Å². The van der Waals surface area contributed by atoms with Crippen molar-refractivity contribution in [2.45, 2.75) is 12.8 Å². The van der Waals surface area contributed by atoms with Crippen LogP contribution in [0.2, 0.25) is 5.02 Å². The molecule has 0 unspecified atom stereocenters. The summed E-state index contributed by atoms with van der Waals surface area (Å²) < 4.78 is 7.33. The van der Waals surface area contributed by atoms with Crippen LogP contribution in [-0.4, -0.2) is 27.3 Å². The molecule has 1 heterocycles. The van der Waals surface area contributed by atoms with E-state index >= 15 is 0 Å². The number of ether oxygens (including phenoxy) is 1. The first-order valence-electron chi connectivity index (χ1n) is 6.72. The van der Waals surface area contributed by atoms with Crippen LogP contribution in [0.1, 0.15) is 23.2 Å². The number of nitrogens with zero attached hydrogens (tertiary/aromatic N) is 3. The highest BCUT2D eigenvalue weighted by Crippen LogP contribution is 2.32. The van der Waals surface area contributed by atoms with Gasteiger partial charge in [0.25, 0.3) is 5.91 Å². The Kier molecular flexibility index (Phi) is 3.79. The van der Waals surface area contributed by atoms with Crippen LogP contribution in [0.4, 0.5) is 5.95 Å². The highest BCUT2D eigenvalue weighted by atomic mass is 35.5. The predicted molar refractivity (Wildman–Crippen MR) is 78.6 cm³/mol. The molecule has 1 amide bonds. The Morgan fingerprint density at radius 1 is 1.52 bits per heavy atom. The lowest BCUT2D eigenvalue weighted by Crippen LogP contribution is -2.17. The summed E-state index contributed by atoms with van der Waals surface area (Å²) in [6.45, 7) is 0.616. The van der Waals surface area contributed by atoms with E-state index in [0.29, 0.717) is 34.8 Å². The quantitative estimate of drug-likeness (QED) is 0.921. The number of anilines is 1. The number of aromatic nitrogens is 3. The molecular weight excluding hydrogens is 292 g/mol. The van der Waals surface area contributed by atoms with E-state index in [2.05, 4.69) is 15.5 Å². The molecule has 0 bridgehead atoms. The van der Waals surface area contributed by atoms with Crippen LogP contribution in [0.5, 0.6) is 5.75 Å². The van der Waals surface area contributed by atoms with Crippen LogP contribution in [0.15, 0.2) is 24.5 Å². The summed E-state index contributed by atoms with van der Waals surface area (Å²) in [5.74, 6) is 1.09. The SMILES string of the molecule is Cn1cnnc1NC(=O)c1c(Cl)cccc1OCC1CC1. The number of carbonyl (C=O) groups is 1. The van der Waals surface area contributed by atoms with E-state index in [9.17, 15) is 4.79 Å². The number of halogens is 1. The zero-order valence-electron chi connectivity index (χ0n) is 11.5.